The number of carbonyl (C=O) groups is 2. The van der Waals surface area contributed by atoms with Gasteiger partial charge in [-0.15, -0.1) is 0 Å². The lowest BCUT2D eigenvalue weighted by Gasteiger charge is -2.48. The Morgan fingerprint density at radius 3 is 2.59 bits per heavy atom. The molecule has 206 valence electrons. The van der Waals surface area contributed by atoms with Crippen molar-refractivity contribution >= 4 is 22.6 Å². The maximum atomic E-state index is 14.2. The zero-order valence-electron chi connectivity index (χ0n) is 22.7. The Balaban J connectivity index is 1.63. The number of aliphatic hydroxyl groups is 3. The molecule has 1 saturated carbocycles. The van der Waals surface area contributed by atoms with Gasteiger partial charge in [0.1, 0.15) is 17.6 Å². The molecule has 5 rings (SSSR count). The summed E-state index contributed by atoms with van der Waals surface area (Å²) in [6.45, 7) is 9.86. The van der Waals surface area contributed by atoms with Crippen molar-refractivity contribution in [2.45, 2.75) is 58.0 Å². The van der Waals surface area contributed by atoms with E-state index in [9.17, 15) is 24.9 Å². The molecule has 7 nitrogen and oxygen atoms in total. The fourth-order valence-corrected chi connectivity index (χ4v) is 7.11. The van der Waals surface area contributed by atoms with Gasteiger partial charge in [-0.05, 0) is 66.5 Å². The van der Waals surface area contributed by atoms with E-state index in [1.54, 1.807) is 13.0 Å². The van der Waals surface area contributed by atoms with Gasteiger partial charge in [0, 0.05) is 35.0 Å². The summed E-state index contributed by atoms with van der Waals surface area (Å²) in [5, 5.41) is 36.9. The van der Waals surface area contributed by atoms with Crippen LogP contribution in [0.1, 0.15) is 32.8 Å². The van der Waals surface area contributed by atoms with Crippen molar-refractivity contribution in [3.63, 3.8) is 0 Å². The number of rotatable bonds is 2. The van der Waals surface area contributed by atoms with Gasteiger partial charge in [0.25, 0.3) is 0 Å². The normalized spacial score (nSPS) is 40.4. The van der Waals surface area contributed by atoms with Gasteiger partial charge in [0.15, 0.2) is 5.78 Å². The predicted octanol–water partition coefficient (Wildman–Crippen LogP) is 3.38. The number of carbonyl (C=O) groups excluding carboxylic acids is 2. The number of hydrogen-bond acceptors (Lipinski definition) is 5. The van der Waals surface area contributed by atoms with Crippen molar-refractivity contribution in [1.82, 2.24) is 10.3 Å². The largest absolute Gasteiger partial charge is 0.388 e. The summed E-state index contributed by atoms with van der Waals surface area (Å²) >= 11 is 0. The summed E-state index contributed by atoms with van der Waals surface area (Å²) in [6, 6.07) is 7.58. The van der Waals surface area contributed by atoms with Crippen molar-refractivity contribution in [3.05, 3.63) is 84.1 Å². The molecular weight excluding hydrogens is 492 g/mol. The number of aliphatic hydroxyl groups excluding tert-OH is 3. The van der Waals surface area contributed by atoms with Gasteiger partial charge in [0.05, 0.1) is 6.10 Å². The molecule has 1 aliphatic heterocycles. The van der Waals surface area contributed by atoms with Crippen LogP contribution in [0.25, 0.3) is 10.9 Å². The Bertz CT molecular complexity index is 1390. The fraction of sp³-hybridized carbons (Fsp3) is 0.438. The lowest BCUT2D eigenvalue weighted by atomic mass is 9.52. The highest BCUT2D eigenvalue weighted by atomic mass is 16.3. The number of aromatic nitrogens is 1. The van der Waals surface area contributed by atoms with Gasteiger partial charge >= 0.3 is 0 Å². The van der Waals surface area contributed by atoms with Crippen LogP contribution in [0.5, 0.6) is 0 Å². The third-order valence-corrected chi connectivity index (χ3v) is 9.18. The summed E-state index contributed by atoms with van der Waals surface area (Å²) < 4.78 is 0. The number of fused-ring (bicyclic) bond motifs is 1. The van der Waals surface area contributed by atoms with E-state index in [0.717, 1.165) is 16.5 Å². The molecule has 1 aromatic carbocycles. The summed E-state index contributed by atoms with van der Waals surface area (Å²) in [5.41, 5.74) is 1.65. The first kappa shape index (κ1) is 27.3. The average Bonchev–Trinajstić information content (AvgIpc) is 3.45. The van der Waals surface area contributed by atoms with Crippen molar-refractivity contribution in [3.8, 4) is 0 Å². The highest BCUT2D eigenvalue weighted by Gasteiger charge is 2.68. The minimum atomic E-state index is -1.59. The Morgan fingerprint density at radius 1 is 1.08 bits per heavy atom. The van der Waals surface area contributed by atoms with Crippen molar-refractivity contribution in [2.75, 3.05) is 0 Å². The van der Waals surface area contributed by atoms with Crippen molar-refractivity contribution < 1.29 is 24.9 Å². The number of para-hydroxylation sites is 1. The first-order chi connectivity index (χ1) is 18.6. The monoisotopic (exact) mass is 530 g/mol. The number of allylic oxidation sites excluding steroid dienone is 3. The molecule has 1 amide bonds. The van der Waals surface area contributed by atoms with Gasteiger partial charge in [0.2, 0.25) is 5.91 Å². The lowest BCUT2D eigenvalue weighted by molar-refractivity contribution is -0.148. The van der Waals surface area contributed by atoms with Crippen LogP contribution in [0, 0.1) is 29.1 Å². The van der Waals surface area contributed by atoms with Crippen LogP contribution in [0.4, 0.5) is 0 Å². The topological polar surface area (TPSA) is 123 Å². The third-order valence-electron chi connectivity index (χ3n) is 9.18. The standard InChI is InChI=1S/C32H38N2O5/c1-17-8-7-10-23-30(38)20(4)19(3)28-25(15-21-16-33-24-11-6-5-9-22(21)24)34-31(39)32(23,28)27(36)13-12-26(35)29(37)18(2)14-17/h5-7,9-14,16-17,19,23,25-26,28-30,33,35,37-38H,4,8,15H2,1-3H3,(H,34,39)/b10-7-,13-12-,18-14+/t17-,19+,23-,25-,26-,28-,29+,30+,32+/m0/s1. The highest BCUT2D eigenvalue weighted by molar-refractivity contribution is 6.13. The van der Waals surface area contributed by atoms with E-state index < -0.39 is 47.3 Å². The second-order valence-electron chi connectivity index (χ2n) is 11.6. The van der Waals surface area contributed by atoms with Gasteiger partial charge < -0.3 is 25.6 Å². The molecule has 2 aromatic rings. The van der Waals surface area contributed by atoms with Crippen LogP contribution in [0.15, 0.2) is 78.6 Å². The minimum absolute atomic E-state index is 0.0326. The first-order valence-electron chi connectivity index (χ1n) is 13.7. The van der Waals surface area contributed by atoms with Gasteiger partial charge in [-0.3, -0.25) is 9.59 Å². The Labute approximate surface area is 229 Å². The number of amides is 1. The van der Waals surface area contributed by atoms with Crippen LogP contribution in [0.2, 0.25) is 0 Å². The summed E-state index contributed by atoms with van der Waals surface area (Å²) in [5.74, 6) is -2.51. The third kappa shape index (κ3) is 4.42. The zero-order chi connectivity index (χ0) is 28.1. The number of aromatic amines is 1. The second kappa shape index (κ2) is 10.4. The molecule has 0 unspecified atom stereocenters. The quantitative estimate of drug-likeness (QED) is 0.301. The number of H-pyrrole nitrogens is 1. The van der Waals surface area contributed by atoms with Crippen LogP contribution < -0.4 is 5.32 Å². The number of hydrogen-bond donors (Lipinski definition) is 5. The molecule has 3 aliphatic rings. The second-order valence-corrected chi connectivity index (χ2v) is 11.6. The van der Waals surface area contributed by atoms with Crippen LogP contribution in [0.3, 0.4) is 0 Å². The van der Waals surface area contributed by atoms with Gasteiger partial charge in [-0.2, -0.15) is 0 Å². The number of nitrogens with one attached hydrogen (secondary N) is 2. The molecule has 0 bridgehead atoms. The molecular formula is C32H38N2O5. The van der Waals surface area contributed by atoms with E-state index in [4.69, 9.17) is 0 Å². The maximum absolute atomic E-state index is 14.2. The number of ketones is 1. The molecule has 0 radical (unpaired) electrons. The smallest absolute Gasteiger partial charge is 0.235 e. The summed E-state index contributed by atoms with van der Waals surface area (Å²) in [6.07, 6.45) is 7.53. The van der Waals surface area contributed by atoms with Crippen LogP contribution in [-0.2, 0) is 16.0 Å². The minimum Gasteiger partial charge on any atom is -0.388 e. The van der Waals surface area contributed by atoms with Gasteiger partial charge in [-0.25, -0.2) is 0 Å². The fourth-order valence-electron chi connectivity index (χ4n) is 7.11. The molecule has 2 heterocycles. The molecule has 39 heavy (non-hydrogen) atoms. The Morgan fingerprint density at radius 2 is 1.82 bits per heavy atom. The zero-order valence-corrected chi connectivity index (χ0v) is 22.7. The lowest BCUT2D eigenvalue weighted by Crippen LogP contribution is -2.58. The van der Waals surface area contributed by atoms with E-state index in [-0.39, 0.29) is 17.9 Å². The first-order valence-corrected chi connectivity index (χ1v) is 13.7. The van der Waals surface area contributed by atoms with Gasteiger partial charge in [-0.1, -0.05) is 56.9 Å². The molecule has 1 saturated heterocycles. The molecule has 7 heteroatoms. The van der Waals surface area contributed by atoms with Crippen LogP contribution in [-0.4, -0.2) is 56.3 Å². The molecule has 2 fully saturated rings. The Kier molecular flexibility index (Phi) is 7.27. The van der Waals surface area contributed by atoms with E-state index in [2.05, 4.69) is 16.9 Å². The molecule has 1 spiro atoms. The summed E-state index contributed by atoms with van der Waals surface area (Å²) in [7, 11) is 0. The molecule has 5 N–H and O–H groups in total. The Hall–Kier alpha value is -3.26. The number of benzene rings is 1. The maximum Gasteiger partial charge on any atom is 0.235 e. The molecule has 2 aliphatic carbocycles. The molecule has 1 aromatic heterocycles. The summed E-state index contributed by atoms with van der Waals surface area (Å²) in [4.78, 5) is 31.5. The van der Waals surface area contributed by atoms with Crippen LogP contribution >= 0.6 is 0 Å². The van der Waals surface area contributed by atoms with E-state index in [0.29, 0.717) is 24.0 Å². The average molecular weight is 531 g/mol. The predicted molar refractivity (Wildman–Crippen MR) is 150 cm³/mol. The highest BCUT2D eigenvalue weighted by Crippen LogP contribution is 2.56. The van der Waals surface area contributed by atoms with E-state index in [1.807, 2.05) is 56.5 Å². The van der Waals surface area contributed by atoms with E-state index in [1.165, 1.54) is 12.2 Å². The van der Waals surface area contributed by atoms with Crippen molar-refractivity contribution in [2.24, 2.45) is 29.1 Å². The SMILES string of the molecule is C=C1[C@@H](C)[C@H]2[C@H](Cc3c[nH]c4ccccc34)NC(=O)[C@]23C(=O)/C=C\[C@H](O)[C@H](O)/C(C)=C/[C@@H](C)C/C=C\[C@H]3[C@@H]1O. The van der Waals surface area contributed by atoms with Crippen molar-refractivity contribution in [1.29, 1.82) is 0 Å². The van der Waals surface area contributed by atoms with E-state index >= 15 is 0 Å². The molecule has 9 atom stereocenters.